The number of hydrogen-bond donors (Lipinski definition) is 1. The summed E-state index contributed by atoms with van der Waals surface area (Å²) < 4.78 is 0. The highest BCUT2D eigenvalue weighted by Gasteiger charge is 2.12. The molecule has 0 atom stereocenters. The maximum absolute atomic E-state index is 12.2. The zero-order chi connectivity index (χ0) is 14.0. The van der Waals surface area contributed by atoms with Gasteiger partial charge >= 0.3 is 0 Å². The zero-order valence-electron chi connectivity index (χ0n) is 10.6. The van der Waals surface area contributed by atoms with Gasteiger partial charge in [0.05, 0.1) is 10.6 Å². The molecule has 0 heterocycles. The maximum atomic E-state index is 12.2. The van der Waals surface area contributed by atoms with Crippen molar-refractivity contribution < 1.29 is 4.79 Å². The van der Waals surface area contributed by atoms with Crippen molar-refractivity contribution in [3.05, 3.63) is 63.1 Å². The number of nitrogens with one attached hydrogen (secondary N) is 1. The van der Waals surface area contributed by atoms with Crippen molar-refractivity contribution in [3.63, 3.8) is 0 Å². The number of rotatable bonds is 2. The first kappa shape index (κ1) is 13.9. The van der Waals surface area contributed by atoms with Crippen molar-refractivity contribution in [2.45, 2.75) is 13.8 Å². The fourth-order valence-corrected chi connectivity index (χ4v) is 2.12. The van der Waals surface area contributed by atoms with Crippen LogP contribution in [-0.2, 0) is 0 Å². The lowest BCUT2D eigenvalue weighted by atomic mass is 10.1. The van der Waals surface area contributed by atoms with Crippen LogP contribution in [0.25, 0.3) is 0 Å². The molecule has 0 spiro atoms. The molecule has 0 unspecified atom stereocenters. The van der Waals surface area contributed by atoms with Gasteiger partial charge in [-0.15, -0.1) is 0 Å². The van der Waals surface area contributed by atoms with Crippen LogP contribution in [-0.4, -0.2) is 5.91 Å². The van der Waals surface area contributed by atoms with E-state index in [9.17, 15) is 4.79 Å². The van der Waals surface area contributed by atoms with Gasteiger partial charge in [0.1, 0.15) is 0 Å². The van der Waals surface area contributed by atoms with Gasteiger partial charge in [0.2, 0.25) is 0 Å². The predicted molar refractivity (Wildman–Crippen MR) is 80.3 cm³/mol. The number of benzene rings is 2. The molecule has 98 valence electrons. The Balaban J connectivity index is 2.31. The van der Waals surface area contributed by atoms with Crippen molar-refractivity contribution in [2.24, 2.45) is 0 Å². The number of anilines is 1. The minimum Gasteiger partial charge on any atom is -0.322 e. The lowest BCUT2D eigenvalue weighted by Gasteiger charge is -2.11. The molecule has 0 saturated carbocycles. The molecule has 2 aromatic rings. The first-order valence-electron chi connectivity index (χ1n) is 5.81. The Morgan fingerprint density at radius 2 is 1.84 bits per heavy atom. The van der Waals surface area contributed by atoms with E-state index in [1.165, 1.54) is 0 Å². The SMILES string of the molecule is Cc1cccc(NC(=O)c2cc(Cl)ccc2Cl)c1C. The molecule has 1 amide bonds. The maximum Gasteiger partial charge on any atom is 0.257 e. The predicted octanol–water partition coefficient (Wildman–Crippen LogP) is 4.86. The molecular weight excluding hydrogens is 281 g/mol. The minimum atomic E-state index is -0.263. The largest absolute Gasteiger partial charge is 0.322 e. The Hall–Kier alpha value is -1.51. The topological polar surface area (TPSA) is 29.1 Å². The van der Waals surface area contributed by atoms with Gasteiger partial charge in [0.15, 0.2) is 0 Å². The quantitative estimate of drug-likeness (QED) is 0.841. The summed E-state index contributed by atoms with van der Waals surface area (Å²) in [7, 11) is 0. The Bertz CT molecular complexity index is 638. The molecule has 4 heteroatoms. The van der Waals surface area contributed by atoms with E-state index in [0.717, 1.165) is 16.8 Å². The number of halogens is 2. The third kappa shape index (κ3) is 3.09. The van der Waals surface area contributed by atoms with E-state index in [2.05, 4.69) is 5.32 Å². The molecule has 0 radical (unpaired) electrons. The molecule has 0 saturated heterocycles. The highest BCUT2D eigenvalue weighted by Crippen LogP contribution is 2.23. The van der Waals surface area contributed by atoms with Gasteiger partial charge in [0.25, 0.3) is 5.91 Å². The van der Waals surface area contributed by atoms with E-state index in [4.69, 9.17) is 23.2 Å². The van der Waals surface area contributed by atoms with Crippen molar-refractivity contribution in [1.29, 1.82) is 0 Å². The van der Waals surface area contributed by atoms with Gasteiger partial charge in [-0.3, -0.25) is 4.79 Å². The van der Waals surface area contributed by atoms with E-state index in [1.54, 1.807) is 18.2 Å². The molecule has 19 heavy (non-hydrogen) atoms. The standard InChI is InChI=1S/C15H13Cl2NO/c1-9-4-3-5-14(10(9)2)18-15(19)12-8-11(16)6-7-13(12)17/h3-8H,1-2H3,(H,18,19). The van der Waals surface area contributed by atoms with Crippen LogP contribution < -0.4 is 5.32 Å². The van der Waals surface area contributed by atoms with E-state index in [1.807, 2.05) is 32.0 Å². The summed E-state index contributed by atoms with van der Waals surface area (Å²) in [5.74, 6) is -0.263. The second kappa shape index (κ2) is 5.64. The van der Waals surface area contributed by atoms with Crippen molar-refractivity contribution in [1.82, 2.24) is 0 Å². The molecule has 0 fully saturated rings. The van der Waals surface area contributed by atoms with Crippen LogP contribution in [0.2, 0.25) is 10.0 Å². The normalized spacial score (nSPS) is 10.3. The summed E-state index contributed by atoms with van der Waals surface area (Å²) in [5.41, 5.74) is 3.31. The highest BCUT2D eigenvalue weighted by molar-refractivity contribution is 6.36. The smallest absolute Gasteiger partial charge is 0.257 e. The second-order valence-electron chi connectivity index (χ2n) is 4.33. The van der Waals surface area contributed by atoms with Crippen LogP contribution >= 0.6 is 23.2 Å². The van der Waals surface area contributed by atoms with Crippen LogP contribution in [0.1, 0.15) is 21.5 Å². The van der Waals surface area contributed by atoms with E-state index in [0.29, 0.717) is 15.6 Å². The Kier molecular flexibility index (Phi) is 4.13. The van der Waals surface area contributed by atoms with Crippen LogP contribution in [0.3, 0.4) is 0 Å². The summed E-state index contributed by atoms with van der Waals surface area (Å²) in [4.78, 5) is 12.2. The minimum absolute atomic E-state index is 0.263. The molecule has 0 aliphatic rings. The fraction of sp³-hybridized carbons (Fsp3) is 0.133. The molecule has 0 bridgehead atoms. The third-order valence-electron chi connectivity index (χ3n) is 3.03. The van der Waals surface area contributed by atoms with Gasteiger partial charge < -0.3 is 5.32 Å². The summed E-state index contributed by atoms with van der Waals surface area (Å²) in [6, 6.07) is 10.6. The number of amides is 1. The molecule has 1 N–H and O–H groups in total. The highest BCUT2D eigenvalue weighted by atomic mass is 35.5. The van der Waals surface area contributed by atoms with Crippen LogP contribution in [0.4, 0.5) is 5.69 Å². The molecule has 2 nitrogen and oxygen atoms in total. The van der Waals surface area contributed by atoms with E-state index >= 15 is 0 Å². The Labute approximate surface area is 122 Å². The average Bonchev–Trinajstić information content (AvgIpc) is 2.38. The lowest BCUT2D eigenvalue weighted by molar-refractivity contribution is 0.102. The van der Waals surface area contributed by atoms with Crippen LogP contribution in [0, 0.1) is 13.8 Å². The molecule has 2 rings (SSSR count). The number of aryl methyl sites for hydroxylation is 1. The summed E-state index contributed by atoms with van der Waals surface area (Å²) in [5, 5.41) is 3.72. The van der Waals surface area contributed by atoms with Crippen molar-refractivity contribution >= 4 is 34.8 Å². The number of carbonyl (C=O) groups is 1. The number of hydrogen-bond acceptors (Lipinski definition) is 1. The van der Waals surface area contributed by atoms with Crippen LogP contribution in [0.15, 0.2) is 36.4 Å². The van der Waals surface area contributed by atoms with Gasteiger partial charge in [-0.05, 0) is 49.2 Å². The number of carbonyl (C=O) groups excluding carboxylic acids is 1. The van der Waals surface area contributed by atoms with Crippen molar-refractivity contribution in [2.75, 3.05) is 5.32 Å². The zero-order valence-corrected chi connectivity index (χ0v) is 12.1. The van der Waals surface area contributed by atoms with Gasteiger partial charge in [0, 0.05) is 10.7 Å². The summed E-state index contributed by atoms with van der Waals surface area (Å²) in [6.07, 6.45) is 0. The van der Waals surface area contributed by atoms with E-state index < -0.39 is 0 Å². The Morgan fingerprint density at radius 1 is 1.11 bits per heavy atom. The Morgan fingerprint density at radius 3 is 2.58 bits per heavy atom. The van der Waals surface area contributed by atoms with Gasteiger partial charge in [-0.2, -0.15) is 0 Å². The monoisotopic (exact) mass is 293 g/mol. The van der Waals surface area contributed by atoms with Gasteiger partial charge in [-0.1, -0.05) is 35.3 Å². The molecule has 2 aromatic carbocycles. The molecule has 0 aliphatic carbocycles. The second-order valence-corrected chi connectivity index (χ2v) is 5.17. The van der Waals surface area contributed by atoms with Gasteiger partial charge in [-0.25, -0.2) is 0 Å². The van der Waals surface area contributed by atoms with Crippen molar-refractivity contribution in [3.8, 4) is 0 Å². The van der Waals surface area contributed by atoms with Crippen LogP contribution in [0.5, 0.6) is 0 Å². The summed E-state index contributed by atoms with van der Waals surface area (Å²) in [6.45, 7) is 3.96. The van der Waals surface area contributed by atoms with E-state index in [-0.39, 0.29) is 5.91 Å². The molecular formula is C15H13Cl2NO. The average molecular weight is 294 g/mol. The first-order chi connectivity index (χ1) is 8.99. The third-order valence-corrected chi connectivity index (χ3v) is 3.59. The first-order valence-corrected chi connectivity index (χ1v) is 6.57. The summed E-state index contributed by atoms with van der Waals surface area (Å²) >= 11 is 11.9. The molecule has 0 aliphatic heterocycles. The lowest BCUT2D eigenvalue weighted by Crippen LogP contribution is -2.13. The molecule has 0 aromatic heterocycles. The fourth-order valence-electron chi connectivity index (χ4n) is 1.75.